The molecule has 2 aliphatic heterocycles. The van der Waals surface area contributed by atoms with E-state index >= 15 is 0 Å². The molecular weight excluding hydrogens is 346 g/mol. The van der Waals surface area contributed by atoms with Crippen molar-refractivity contribution in [3.8, 4) is 0 Å². The fourth-order valence-electron chi connectivity index (χ4n) is 4.49. The van der Waals surface area contributed by atoms with Gasteiger partial charge in [-0.05, 0) is 25.7 Å². The molecule has 4 heterocycles. The zero-order chi connectivity index (χ0) is 18.9. The minimum atomic E-state index is 0.102. The van der Waals surface area contributed by atoms with Crippen molar-refractivity contribution >= 4 is 28.8 Å². The monoisotopic (exact) mass is 373 g/mol. The molecule has 0 bridgehead atoms. The summed E-state index contributed by atoms with van der Waals surface area (Å²) in [7, 11) is 1.70. The smallest absolute Gasteiger partial charge is 0.224 e. The molecule has 9 heteroatoms. The Hall–Kier alpha value is -2.42. The molecule has 0 radical (unpaired) electrons. The number of anilines is 2. The summed E-state index contributed by atoms with van der Waals surface area (Å²) < 4.78 is 5.14. The Kier molecular flexibility index (Phi) is 4.86. The SMILES string of the molecule is COCCCN1C[C@@]2(CCCN(c3nc(N)nc4nc[nH]c34)C2)CCC1=O. The van der Waals surface area contributed by atoms with Crippen molar-refractivity contribution in [3.63, 3.8) is 0 Å². The first-order valence-electron chi connectivity index (χ1n) is 9.58. The molecule has 9 nitrogen and oxygen atoms in total. The number of H-pyrrole nitrogens is 1. The third-order valence-corrected chi connectivity index (χ3v) is 5.77. The first-order valence-corrected chi connectivity index (χ1v) is 9.58. The predicted octanol–water partition coefficient (Wildman–Crippen LogP) is 1.18. The van der Waals surface area contributed by atoms with E-state index in [4.69, 9.17) is 10.5 Å². The van der Waals surface area contributed by atoms with E-state index in [0.717, 1.165) is 63.2 Å². The molecule has 4 rings (SSSR count). The highest BCUT2D eigenvalue weighted by Crippen LogP contribution is 2.40. The van der Waals surface area contributed by atoms with Crippen LogP contribution in [0.4, 0.5) is 11.8 Å². The zero-order valence-electron chi connectivity index (χ0n) is 15.8. The Labute approximate surface area is 158 Å². The van der Waals surface area contributed by atoms with Gasteiger partial charge in [0.25, 0.3) is 0 Å². The Bertz CT molecular complexity index is 823. The van der Waals surface area contributed by atoms with Crippen LogP contribution in [0, 0.1) is 5.41 Å². The summed E-state index contributed by atoms with van der Waals surface area (Å²) in [6.07, 6.45) is 6.24. The Morgan fingerprint density at radius 1 is 1.33 bits per heavy atom. The lowest BCUT2D eigenvalue weighted by atomic mass is 9.73. The summed E-state index contributed by atoms with van der Waals surface area (Å²) in [5.41, 5.74) is 7.42. The van der Waals surface area contributed by atoms with E-state index in [2.05, 4.69) is 24.8 Å². The number of rotatable bonds is 5. The predicted molar refractivity (Wildman–Crippen MR) is 102 cm³/mol. The van der Waals surface area contributed by atoms with Crippen LogP contribution in [0.1, 0.15) is 32.1 Å². The number of ether oxygens (including phenoxy) is 1. The maximum absolute atomic E-state index is 12.4. The lowest BCUT2D eigenvalue weighted by molar-refractivity contribution is -0.138. The van der Waals surface area contributed by atoms with Crippen molar-refractivity contribution in [2.45, 2.75) is 32.1 Å². The van der Waals surface area contributed by atoms with E-state index in [0.29, 0.717) is 18.7 Å². The van der Waals surface area contributed by atoms with Gasteiger partial charge in [-0.3, -0.25) is 4.79 Å². The standard InChI is InChI=1S/C18H27N7O2/c1-27-9-3-8-24-10-18(6-4-13(24)26)5-2-7-25(11-18)16-14-15(21-12-20-14)22-17(19)23-16/h12H,2-11H2,1H3,(H3,19,20,21,22,23)/t18-/m1/s1. The average molecular weight is 373 g/mol. The maximum atomic E-state index is 12.4. The number of carbonyl (C=O) groups is 1. The summed E-state index contributed by atoms with van der Waals surface area (Å²) >= 11 is 0. The van der Waals surface area contributed by atoms with Crippen LogP contribution in [0.3, 0.4) is 0 Å². The summed E-state index contributed by atoms with van der Waals surface area (Å²) in [5.74, 6) is 1.32. The van der Waals surface area contributed by atoms with E-state index in [1.165, 1.54) is 0 Å². The van der Waals surface area contributed by atoms with Gasteiger partial charge in [0, 0.05) is 51.7 Å². The normalized spacial score (nSPS) is 23.5. The molecule has 1 atom stereocenters. The van der Waals surface area contributed by atoms with Crippen LogP contribution < -0.4 is 10.6 Å². The summed E-state index contributed by atoms with van der Waals surface area (Å²) in [6, 6.07) is 0. The van der Waals surface area contributed by atoms with Crippen molar-refractivity contribution in [1.82, 2.24) is 24.8 Å². The van der Waals surface area contributed by atoms with Gasteiger partial charge in [-0.15, -0.1) is 0 Å². The number of methoxy groups -OCH3 is 1. The van der Waals surface area contributed by atoms with Gasteiger partial charge in [0.1, 0.15) is 5.52 Å². The van der Waals surface area contributed by atoms with Gasteiger partial charge in [0.05, 0.1) is 6.33 Å². The molecule has 2 saturated heterocycles. The number of amides is 1. The number of nitrogens with zero attached hydrogens (tertiary/aromatic N) is 5. The first kappa shape index (κ1) is 18.0. The number of hydrogen-bond acceptors (Lipinski definition) is 7. The number of nitrogens with one attached hydrogen (secondary N) is 1. The molecule has 3 N–H and O–H groups in total. The van der Waals surface area contributed by atoms with Crippen LogP contribution in [0.15, 0.2) is 6.33 Å². The second-order valence-corrected chi connectivity index (χ2v) is 7.69. The van der Waals surface area contributed by atoms with Gasteiger partial charge in [0.15, 0.2) is 11.5 Å². The van der Waals surface area contributed by atoms with Crippen LogP contribution in [0.2, 0.25) is 0 Å². The molecule has 1 spiro atoms. The average Bonchev–Trinajstić information content (AvgIpc) is 3.13. The topological polar surface area (TPSA) is 113 Å². The molecule has 0 aromatic carbocycles. The Balaban J connectivity index is 1.55. The van der Waals surface area contributed by atoms with E-state index < -0.39 is 0 Å². The van der Waals surface area contributed by atoms with Crippen LogP contribution >= 0.6 is 0 Å². The highest BCUT2D eigenvalue weighted by Gasteiger charge is 2.42. The van der Waals surface area contributed by atoms with E-state index in [-0.39, 0.29) is 17.3 Å². The molecule has 1 amide bonds. The van der Waals surface area contributed by atoms with Crippen LogP contribution in [0.5, 0.6) is 0 Å². The number of aromatic nitrogens is 4. The lowest BCUT2D eigenvalue weighted by Gasteiger charge is -2.48. The van der Waals surface area contributed by atoms with Crippen LogP contribution in [-0.4, -0.2) is 70.6 Å². The number of nitrogens with two attached hydrogens (primary N) is 1. The first-order chi connectivity index (χ1) is 13.1. The molecule has 2 fully saturated rings. The third-order valence-electron chi connectivity index (χ3n) is 5.77. The molecular formula is C18H27N7O2. The molecule has 0 unspecified atom stereocenters. The van der Waals surface area contributed by atoms with Crippen molar-refractivity contribution < 1.29 is 9.53 Å². The highest BCUT2D eigenvalue weighted by molar-refractivity contribution is 5.84. The van der Waals surface area contributed by atoms with Gasteiger partial charge in [-0.25, -0.2) is 4.98 Å². The number of imidazole rings is 1. The van der Waals surface area contributed by atoms with Crippen LogP contribution in [0.25, 0.3) is 11.2 Å². The molecule has 146 valence electrons. The summed E-state index contributed by atoms with van der Waals surface area (Å²) in [4.78, 5) is 32.7. The number of aromatic amines is 1. The Morgan fingerprint density at radius 2 is 2.22 bits per heavy atom. The third kappa shape index (κ3) is 3.55. The number of piperidine rings is 2. The number of hydrogen-bond donors (Lipinski definition) is 2. The Morgan fingerprint density at radius 3 is 3.07 bits per heavy atom. The van der Waals surface area contributed by atoms with E-state index in [1.54, 1.807) is 13.4 Å². The lowest BCUT2D eigenvalue weighted by Crippen LogP contribution is -2.54. The van der Waals surface area contributed by atoms with Gasteiger partial charge in [0.2, 0.25) is 11.9 Å². The van der Waals surface area contributed by atoms with E-state index in [9.17, 15) is 4.79 Å². The van der Waals surface area contributed by atoms with Crippen molar-refractivity contribution in [1.29, 1.82) is 0 Å². The van der Waals surface area contributed by atoms with Gasteiger partial charge < -0.3 is 25.3 Å². The molecule has 27 heavy (non-hydrogen) atoms. The van der Waals surface area contributed by atoms with Gasteiger partial charge in [-0.2, -0.15) is 9.97 Å². The molecule has 0 saturated carbocycles. The fourth-order valence-corrected chi connectivity index (χ4v) is 4.49. The largest absolute Gasteiger partial charge is 0.385 e. The number of likely N-dealkylation sites (tertiary alicyclic amines) is 1. The fraction of sp³-hybridized carbons (Fsp3) is 0.667. The van der Waals surface area contributed by atoms with E-state index in [1.807, 2.05) is 4.90 Å². The summed E-state index contributed by atoms with van der Waals surface area (Å²) in [5, 5.41) is 0. The van der Waals surface area contributed by atoms with Crippen molar-refractivity contribution in [2.75, 3.05) is 50.5 Å². The number of carbonyl (C=O) groups excluding carboxylic acids is 1. The molecule has 2 aliphatic rings. The van der Waals surface area contributed by atoms with Crippen molar-refractivity contribution in [3.05, 3.63) is 6.33 Å². The number of nitrogen functional groups attached to an aromatic ring is 1. The van der Waals surface area contributed by atoms with Crippen LogP contribution in [-0.2, 0) is 9.53 Å². The number of fused-ring (bicyclic) bond motifs is 1. The second-order valence-electron chi connectivity index (χ2n) is 7.69. The maximum Gasteiger partial charge on any atom is 0.224 e. The highest BCUT2D eigenvalue weighted by atomic mass is 16.5. The van der Waals surface area contributed by atoms with Gasteiger partial charge >= 0.3 is 0 Å². The van der Waals surface area contributed by atoms with Gasteiger partial charge in [-0.1, -0.05) is 0 Å². The quantitative estimate of drug-likeness (QED) is 0.757. The molecule has 2 aromatic heterocycles. The molecule has 2 aromatic rings. The summed E-state index contributed by atoms with van der Waals surface area (Å²) in [6.45, 7) is 4.04. The van der Waals surface area contributed by atoms with Crippen molar-refractivity contribution in [2.24, 2.45) is 5.41 Å². The second kappa shape index (κ2) is 7.30. The minimum absolute atomic E-state index is 0.102. The minimum Gasteiger partial charge on any atom is -0.385 e. The molecule has 0 aliphatic carbocycles. The zero-order valence-corrected chi connectivity index (χ0v) is 15.8.